The third-order valence-electron chi connectivity index (χ3n) is 3.19. The molecule has 0 amide bonds. The number of benzene rings is 2. The Balaban J connectivity index is 0.000000595. The lowest BCUT2D eigenvalue weighted by Gasteiger charge is -2.06. The summed E-state index contributed by atoms with van der Waals surface area (Å²) in [4.78, 5) is 16.2. The monoisotopic (exact) mass is 325 g/mol. The van der Waals surface area contributed by atoms with Crippen molar-refractivity contribution in [2.24, 2.45) is 0 Å². The lowest BCUT2D eigenvalue weighted by molar-refractivity contribution is -0.191. The van der Waals surface area contributed by atoms with E-state index < -0.39 is 0 Å². The van der Waals surface area contributed by atoms with Gasteiger partial charge in [-0.25, -0.2) is 0 Å². The van der Waals surface area contributed by atoms with Gasteiger partial charge in [-0.1, -0.05) is 60.3 Å². The van der Waals surface area contributed by atoms with Gasteiger partial charge < -0.3 is 0 Å². The van der Waals surface area contributed by atoms with Crippen LogP contribution in [0.1, 0.15) is 11.1 Å². The van der Waals surface area contributed by atoms with Crippen LogP contribution in [0.5, 0.6) is 0 Å². The quantitative estimate of drug-likeness (QED) is 0.743. The highest BCUT2D eigenvalue weighted by atomic mass is 32.2. The van der Waals surface area contributed by atoms with Gasteiger partial charge in [0.25, 0.3) is 0 Å². The number of hydrogen-bond donors (Lipinski definition) is 1. The molecule has 0 radical (unpaired) electrons. The predicted molar refractivity (Wildman–Crippen MR) is 87.6 cm³/mol. The number of rotatable bonds is 4. The molecule has 3 rings (SSSR count). The Kier molecular flexibility index (Phi) is 6.29. The number of aromatic amines is 1. The second-order valence-corrected chi connectivity index (χ2v) is 5.69. The molecule has 0 bridgehead atoms. The highest BCUT2D eigenvalue weighted by Gasteiger charge is 2.02. The molecule has 1 N–H and O–H groups in total. The molecule has 1 heterocycles. The van der Waals surface area contributed by atoms with Crippen LogP contribution in [-0.2, 0) is 15.3 Å². The molecule has 116 valence electrons. The van der Waals surface area contributed by atoms with E-state index in [0.717, 1.165) is 10.8 Å². The lowest BCUT2D eigenvalue weighted by atomic mass is 10.00. The highest BCUT2D eigenvalue weighted by Crippen LogP contribution is 2.25. The molecule has 5 nitrogen and oxygen atoms in total. The van der Waals surface area contributed by atoms with Crippen LogP contribution in [0.25, 0.3) is 11.1 Å². The average Bonchev–Trinajstić information content (AvgIpc) is 3.08. The number of thioether (sulfide) groups is 1. The molecule has 0 aliphatic carbocycles. The van der Waals surface area contributed by atoms with Crippen molar-refractivity contribution in [3.8, 4) is 11.1 Å². The zero-order valence-electron chi connectivity index (χ0n) is 12.5. The maximum absolute atomic E-state index is 8.12. The molecule has 0 aliphatic rings. The first-order valence-corrected chi connectivity index (χ1v) is 7.86. The van der Waals surface area contributed by atoms with E-state index in [4.69, 9.17) is 9.59 Å². The van der Waals surface area contributed by atoms with Crippen LogP contribution in [-0.4, -0.2) is 21.6 Å². The number of H-pyrrole nitrogens is 1. The topological polar surface area (TPSA) is 75.7 Å². The van der Waals surface area contributed by atoms with Crippen molar-refractivity contribution in [1.29, 1.82) is 0 Å². The maximum atomic E-state index is 8.12. The van der Waals surface area contributed by atoms with Crippen LogP contribution in [0.15, 0.2) is 59.8 Å². The van der Waals surface area contributed by atoms with Crippen LogP contribution in [0.2, 0.25) is 0 Å². The van der Waals surface area contributed by atoms with Gasteiger partial charge in [0.15, 0.2) is 0 Å². The predicted octanol–water partition coefficient (Wildman–Crippen LogP) is 3.49. The first-order valence-electron chi connectivity index (χ1n) is 6.87. The van der Waals surface area contributed by atoms with Gasteiger partial charge >= 0.3 is 6.15 Å². The molecular weight excluding hydrogens is 310 g/mol. The normalized spacial score (nSPS) is 9.61. The summed E-state index contributed by atoms with van der Waals surface area (Å²) in [5.41, 5.74) is 5.15. The molecule has 0 atom stereocenters. The Hall–Kier alpha value is -2.69. The Morgan fingerprint density at radius 2 is 1.78 bits per heavy atom. The van der Waals surface area contributed by atoms with Gasteiger partial charge in [0, 0.05) is 5.75 Å². The van der Waals surface area contributed by atoms with Crippen molar-refractivity contribution >= 4 is 17.9 Å². The highest BCUT2D eigenvalue weighted by molar-refractivity contribution is 7.98. The van der Waals surface area contributed by atoms with Crippen LogP contribution in [0, 0.1) is 6.92 Å². The average molecular weight is 325 g/mol. The molecule has 6 heteroatoms. The summed E-state index contributed by atoms with van der Waals surface area (Å²) in [6, 6.07) is 17.2. The fourth-order valence-corrected chi connectivity index (χ4v) is 2.83. The van der Waals surface area contributed by atoms with E-state index in [-0.39, 0.29) is 6.15 Å². The molecule has 0 saturated carbocycles. The summed E-state index contributed by atoms with van der Waals surface area (Å²) in [5.74, 6) is 0.903. The van der Waals surface area contributed by atoms with Crippen molar-refractivity contribution in [3.63, 3.8) is 0 Å². The van der Waals surface area contributed by atoms with E-state index >= 15 is 0 Å². The number of aromatic nitrogens is 3. The van der Waals surface area contributed by atoms with Gasteiger partial charge in [-0.05, 0) is 29.2 Å². The lowest BCUT2D eigenvalue weighted by Crippen LogP contribution is -1.85. The molecule has 2 aromatic carbocycles. The minimum Gasteiger partial charge on any atom is -0.197 e. The second-order valence-electron chi connectivity index (χ2n) is 4.69. The van der Waals surface area contributed by atoms with Crippen LogP contribution < -0.4 is 0 Å². The zero-order chi connectivity index (χ0) is 16.5. The minimum atomic E-state index is 0.250. The Labute approximate surface area is 138 Å². The van der Waals surface area contributed by atoms with Gasteiger partial charge in [-0.3, -0.25) is 0 Å². The third-order valence-corrected chi connectivity index (χ3v) is 4.16. The first-order chi connectivity index (χ1) is 11.2. The molecule has 0 saturated heterocycles. The van der Waals surface area contributed by atoms with Gasteiger partial charge in [-0.15, -0.1) is 5.10 Å². The Morgan fingerprint density at radius 1 is 1.09 bits per heavy atom. The second kappa shape index (κ2) is 8.68. The largest absolute Gasteiger partial charge is 0.373 e. The summed E-state index contributed by atoms with van der Waals surface area (Å²) in [6.07, 6.45) is 1.99. The Morgan fingerprint density at radius 3 is 2.39 bits per heavy atom. The molecule has 0 aliphatic heterocycles. The number of nitrogens with one attached hydrogen (secondary N) is 1. The van der Waals surface area contributed by atoms with Crippen molar-refractivity contribution in [3.05, 3.63) is 65.9 Å². The minimum absolute atomic E-state index is 0.250. The van der Waals surface area contributed by atoms with E-state index in [0.29, 0.717) is 0 Å². The molecule has 1 aromatic heterocycles. The van der Waals surface area contributed by atoms with E-state index in [1.165, 1.54) is 22.3 Å². The van der Waals surface area contributed by atoms with E-state index in [2.05, 4.69) is 70.9 Å². The SMILES string of the molecule is Cc1ccccc1-c1ccc(CSc2cn[nH]n2)cc1.O=C=O. The summed E-state index contributed by atoms with van der Waals surface area (Å²) < 4.78 is 0. The molecule has 0 spiro atoms. The number of hydrogen-bond acceptors (Lipinski definition) is 5. The maximum Gasteiger partial charge on any atom is 0.373 e. The number of carbonyl (C=O) groups excluding carboxylic acids is 2. The first kappa shape index (κ1) is 16.7. The summed E-state index contributed by atoms with van der Waals surface area (Å²) in [5, 5.41) is 11.4. The van der Waals surface area contributed by atoms with Crippen molar-refractivity contribution in [1.82, 2.24) is 15.4 Å². The van der Waals surface area contributed by atoms with Gasteiger partial charge in [-0.2, -0.15) is 19.9 Å². The fourth-order valence-electron chi connectivity index (χ4n) is 2.10. The summed E-state index contributed by atoms with van der Waals surface area (Å²) in [6.45, 7) is 2.14. The standard InChI is InChI=1S/C16H15N3S.CO2/c1-12-4-2-3-5-15(12)14-8-6-13(7-9-14)11-20-16-10-17-19-18-16;2-1-3/h2-10H,11H2,1H3,(H,17,18,19);. The molecular formula is C17H15N3O2S. The van der Waals surface area contributed by atoms with E-state index in [1.54, 1.807) is 18.0 Å². The smallest absolute Gasteiger partial charge is 0.197 e. The van der Waals surface area contributed by atoms with Crippen molar-refractivity contribution in [2.45, 2.75) is 17.7 Å². The van der Waals surface area contributed by atoms with E-state index in [9.17, 15) is 0 Å². The van der Waals surface area contributed by atoms with E-state index in [1.807, 2.05) is 0 Å². The fraction of sp³-hybridized carbons (Fsp3) is 0.118. The van der Waals surface area contributed by atoms with Gasteiger partial charge in [0.1, 0.15) is 5.03 Å². The number of aryl methyl sites for hydroxylation is 1. The van der Waals surface area contributed by atoms with Crippen molar-refractivity contribution in [2.75, 3.05) is 0 Å². The van der Waals surface area contributed by atoms with Gasteiger partial charge in [0.2, 0.25) is 0 Å². The van der Waals surface area contributed by atoms with Crippen LogP contribution >= 0.6 is 11.8 Å². The molecule has 3 aromatic rings. The van der Waals surface area contributed by atoms with Gasteiger partial charge in [0.05, 0.1) is 6.20 Å². The summed E-state index contributed by atoms with van der Waals surface area (Å²) in [7, 11) is 0. The summed E-state index contributed by atoms with van der Waals surface area (Å²) >= 11 is 1.68. The van der Waals surface area contributed by atoms with Crippen molar-refractivity contribution < 1.29 is 9.59 Å². The van der Waals surface area contributed by atoms with Crippen LogP contribution in [0.4, 0.5) is 0 Å². The zero-order valence-corrected chi connectivity index (χ0v) is 13.3. The van der Waals surface area contributed by atoms with Crippen LogP contribution in [0.3, 0.4) is 0 Å². The Bertz CT molecular complexity index is 765. The molecule has 0 unspecified atom stereocenters. The molecule has 0 fully saturated rings. The molecule has 23 heavy (non-hydrogen) atoms. The number of nitrogens with zero attached hydrogens (tertiary/aromatic N) is 2. The third kappa shape index (κ3) is 4.92.